The SMILES string of the molecule is CC(C)(C)OC(=O)CCCCCCCCCCCCCCCCC(=O)N[C@@H](CCC(=O)NCCOCCOCC(=O)NCCOCCOCC(=O)O)C(=O)NCCOCCOCC(=O)NCCOCCOCC(=O)O. The smallest absolute Gasteiger partial charge is 0.329 e. The van der Waals surface area contributed by atoms with Crippen LogP contribution in [-0.4, -0.2) is 201 Å². The molecule has 0 aromatic carbocycles. The maximum absolute atomic E-state index is 13.2. The van der Waals surface area contributed by atoms with Crippen molar-refractivity contribution in [1.82, 2.24) is 26.6 Å². The number of carbonyl (C=O) groups excluding carboxylic acids is 6. The van der Waals surface area contributed by atoms with Crippen LogP contribution in [0.15, 0.2) is 0 Å². The number of carbonyl (C=O) groups is 8. The third-order valence-electron chi connectivity index (χ3n) is 10.4. The van der Waals surface area contributed by atoms with Gasteiger partial charge >= 0.3 is 17.9 Å². The molecule has 0 spiro atoms. The summed E-state index contributed by atoms with van der Waals surface area (Å²) in [5.41, 5.74) is -0.427. The number of hydrogen-bond donors (Lipinski definition) is 7. The van der Waals surface area contributed by atoms with Gasteiger partial charge in [-0.1, -0.05) is 77.0 Å². The summed E-state index contributed by atoms with van der Waals surface area (Å²) in [6.45, 7) is 7.33. The number of carboxylic acid groups (broad SMARTS) is 2. The number of carboxylic acids is 2. The quantitative estimate of drug-likeness (QED) is 0.0340. The normalized spacial score (nSPS) is 11.7. The van der Waals surface area contributed by atoms with E-state index in [4.69, 9.17) is 52.8 Å². The van der Waals surface area contributed by atoms with Crippen LogP contribution >= 0.6 is 0 Å². The van der Waals surface area contributed by atoms with E-state index in [2.05, 4.69) is 26.6 Å². The fourth-order valence-corrected chi connectivity index (χ4v) is 6.76. The lowest BCUT2D eigenvalue weighted by Crippen LogP contribution is -2.48. The summed E-state index contributed by atoms with van der Waals surface area (Å²) in [5, 5.41) is 30.6. The van der Waals surface area contributed by atoms with Gasteiger partial charge in [-0.05, 0) is 40.0 Å². The Morgan fingerprint density at radius 2 is 0.707 bits per heavy atom. The lowest BCUT2D eigenvalue weighted by Gasteiger charge is -2.19. The molecule has 436 valence electrons. The molecule has 24 heteroatoms. The van der Waals surface area contributed by atoms with Gasteiger partial charge in [-0.2, -0.15) is 0 Å². The molecule has 7 N–H and O–H groups in total. The number of esters is 1. The molecule has 1 atom stereocenters. The first-order chi connectivity index (χ1) is 36.1. The van der Waals surface area contributed by atoms with Crippen molar-refractivity contribution in [2.45, 2.75) is 148 Å². The number of nitrogens with one attached hydrogen (secondary N) is 5. The Bertz CT molecular complexity index is 1520. The molecule has 0 radical (unpaired) electrons. The Labute approximate surface area is 444 Å². The maximum Gasteiger partial charge on any atom is 0.329 e. The molecule has 0 aromatic heterocycles. The van der Waals surface area contributed by atoms with Gasteiger partial charge in [0.05, 0.1) is 79.3 Å². The van der Waals surface area contributed by atoms with Crippen LogP contribution in [0.3, 0.4) is 0 Å². The number of unbranched alkanes of at least 4 members (excludes halogenated alkanes) is 13. The minimum Gasteiger partial charge on any atom is -0.480 e. The Balaban J connectivity index is 4.45. The highest BCUT2D eigenvalue weighted by atomic mass is 16.6. The van der Waals surface area contributed by atoms with Gasteiger partial charge in [-0.15, -0.1) is 0 Å². The summed E-state index contributed by atoms with van der Waals surface area (Å²) in [5.74, 6) is -3.99. The monoisotopic (exact) mass is 1080 g/mol. The van der Waals surface area contributed by atoms with Crippen molar-refractivity contribution < 1.29 is 91.2 Å². The van der Waals surface area contributed by atoms with Crippen molar-refractivity contribution in [2.75, 3.05) is 132 Å². The molecular formula is C51H93N5O19. The largest absolute Gasteiger partial charge is 0.480 e. The highest BCUT2D eigenvalue weighted by Gasteiger charge is 2.22. The van der Waals surface area contributed by atoms with Crippen molar-refractivity contribution >= 4 is 47.4 Å². The molecule has 0 saturated carbocycles. The van der Waals surface area contributed by atoms with E-state index in [0.717, 1.165) is 44.9 Å². The number of ether oxygens (including phenoxy) is 9. The Kier molecular flexibility index (Phi) is 47.2. The molecular weight excluding hydrogens is 987 g/mol. The average Bonchev–Trinajstić information content (AvgIpc) is 3.35. The first-order valence-corrected chi connectivity index (χ1v) is 26.7. The Hall–Kier alpha value is -4.56. The van der Waals surface area contributed by atoms with Gasteiger partial charge in [-0.25, -0.2) is 9.59 Å². The lowest BCUT2D eigenvalue weighted by atomic mass is 10.0. The van der Waals surface area contributed by atoms with E-state index >= 15 is 0 Å². The third-order valence-corrected chi connectivity index (χ3v) is 10.4. The molecule has 0 bridgehead atoms. The van der Waals surface area contributed by atoms with Gasteiger partial charge < -0.3 is 79.4 Å². The fraction of sp³-hybridized carbons (Fsp3) is 0.843. The van der Waals surface area contributed by atoms with E-state index in [1.54, 1.807) is 0 Å². The van der Waals surface area contributed by atoms with Crippen LogP contribution in [-0.2, 0) is 81.0 Å². The summed E-state index contributed by atoms with van der Waals surface area (Å²) in [6, 6.07) is -0.951. The minimum atomic E-state index is -1.07. The zero-order valence-electron chi connectivity index (χ0n) is 45.3. The average molecular weight is 1080 g/mol. The molecule has 0 unspecified atom stereocenters. The Morgan fingerprint density at radius 1 is 0.373 bits per heavy atom. The van der Waals surface area contributed by atoms with Gasteiger partial charge in [0.15, 0.2) is 0 Å². The van der Waals surface area contributed by atoms with Crippen molar-refractivity contribution in [2.24, 2.45) is 0 Å². The van der Waals surface area contributed by atoms with Crippen LogP contribution in [0.1, 0.15) is 136 Å². The Morgan fingerprint density at radius 3 is 1.09 bits per heavy atom. The number of aliphatic carboxylic acids is 2. The van der Waals surface area contributed by atoms with Crippen LogP contribution in [0, 0.1) is 0 Å². The number of amides is 5. The standard InChI is InChI=1S/C51H93N5O19/c1-51(2,3)75-49(65)19-17-15-13-11-9-7-5-4-6-8-10-12-14-16-18-44(58)56-42(50(66)55-25-29-70-31-35-72-39-46(60)54-24-28-69-33-37-74-41-48(63)64)20-21-43(57)52-22-26-67-30-34-71-38-45(59)53-23-27-68-32-36-73-40-47(61)62/h42H,4-41H2,1-3H3,(H,52,57)(H,53,59)(H,54,60)(H,55,66)(H,56,58)(H,61,62)(H,63,64)/t42-/m0/s1. The minimum absolute atomic E-state index is 0.0322. The van der Waals surface area contributed by atoms with Crippen molar-refractivity contribution in [3.8, 4) is 0 Å². The molecule has 0 heterocycles. The second-order valence-electron chi connectivity index (χ2n) is 18.5. The molecule has 24 nitrogen and oxygen atoms in total. The topological polar surface area (TPSA) is 320 Å². The van der Waals surface area contributed by atoms with Gasteiger partial charge in [0.2, 0.25) is 29.5 Å². The summed E-state index contributed by atoms with van der Waals surface area (Å²) in [4.78, 5) is 95.3. The van der Waals surface area contributed by atoms with Gasteiger partial charge in [-0.3, -0.25) is 28.8 Å². The van der Waals surface area contributed by atoms with Crippen molar-refractivity contribution in [1.29, 1.82) is 0 Å². The van der Waals surface area contributed by atoms with Crippen LogP contribution in [0.4, 0.5) is 0 Å². The molecule has 0 rings (SSSR count). The molecule has 0 aliphatic heterocycles. The first kappa shape index (κ1) is 70.4. The zero-order chi connectivity index (χ0) is 55.5. The summed E-state index contributed by atoms with van der Waals surface area (Å²) in [6.07, 6.45) is 16.0. The van der Waals surface area contributed by atoms with E-state index in [0.29, 0.717) is 12.8 Å². The number of hydrogen-bond acceptors (Lipinski definition) is 17. The molecule has 5 amide bonds. The van der Waals surface area contributed by atoms with Crippen molar-refractivity contribution in [3.63, 3.8) is 0 Å². The van der Waals surface area contributed by atoms with Crippen LogP contribution < -0.4 is 26.6 Å². The number of rotatable bonds is 54. The molecule has 0 fully saturated rings. The van der Waals surface area contributed by atoms with Gasteiger partial charge in [0, 0.05) is 45.4 Å². The predicted molar refractivity (Wildman–Crippen MR) is 275 cm³/mol. The third kappa shape index (κ3) is 54.1. The summed E-state index contributed by atoms with van der Waals surface area (Å²) < 4.78 is 47.1. The second-order valence-corrected chi connectivity index (χ2v) is 18.5. The van der Waals surface area contributed by atoms with Gasteiger partial charge in [0.25, 0.3) is 0 Å². The summed E-state index contributed by atoms with van der Waals surface area (Å²) >= 11 is 0. The predicted octanol–water partition coefficient (Wildman–Crippen LogP) is 2.60. The van der Waals surface area contributed by atoms with Crippen LogP contribution in [0.25, 0.3) is 0 Å². The van der Waals surface area contributed by atoms with E-state index in [-0.39, 0.29) is 168 Å². The lowest BCUT2D eigenvalue weighted by molar-refractivity contribution is -0.155. The molecule has 0 aliphatic rings. The fourth-order valence-electron chi connectivity index (χ4n) is 6.76. The molecule has 0 aromatic rings. The van der Waals surface area contributed by atoms with E-state index < -0.39 is 42.7 Å². The highest BCUT2D eigenvalue weighted by molar-refractivity contribution is 5.88. The molecule has 0 aliphatic carbocycles. The molecule has 75 heavy (non-hydrogen) atoms. The van der Waals surface area contributed by atoms with E-state index in [1.165, 1.54) is 38.5 Å². The van der Waals surface area contributed by atoms with E-state index in [1.807, 2.05) is 20.8 Å². The van der Waals surface area contributed by atoms with Crippen molar-refractivity contribution in [3.05, 3.63) is 0 Å². The zero-order valence-corrected chi connectivity index (χ0v) is 45.3. The maximum atomic E-state index is 13.2. The second kappa shape index (κ2) is 50.3. The van der Waals surface area contributed by atoms with E-state index in [9.17, 15) is 38.4 Å². The van der Waals surface area contributed by atoms with Gasteiger partial charge in [0.1, 0.15) is 38.1 Å². The van der Waals surface area contributed by atoms with Crippen LogP contribution in [0.2, 0.25) is 0 Å². The first-order valence-electron chi connectivity index (χ1n) is 26.7. The summed E-state index contributed by atoms with van der Waals surface area (Å²) in [7, 11) is 0. The highest BCUT2D eigenvalue weighted by Crippen LogP contribution is 2.15. The molecule has 0 saturated heterocycles. The van der Waals surface area contributed by atoms with Crippen LogP contribution in [0.5, 0.6) is 0 Å².